The van der Waals surface area contributed by atoms with E-state index < -0.39 is 0 Å². The van der Waals surface area contributed by atoms with Crippen molar-refractivity contribution in [3.05, 3.63) is 11.4 Å². The van der Waals surface area contributed by atoms with Crippen LogP contribution in [0, 0.1) is 12.8 Å². The summed E-state index contributed by atoms with van der Waals surface area (Å²) in [4.78, 5) is 9.21. The molecule has 1 aromatic rings. The van der Waals surface area contributed by atoms with Crippen LogP contribution in [0.4, 0.5) is 5.82 Å². The van der Waals surface area contributed by atoms with Crippen molar-refractivity contribution in [2.75, 3.05) is 19.0 Å². The van der Waals surface area contributed by atoms with Crippen molar-refractivity contribution in [2.45, 2.75) is 58.8 Å². The fraction of sp³-hybridized carbons (Fsp3) is 0.750. The van der Waals surface area contributed by atoms with Gasteiger partial charge in [0.1, 0.15) is 11.6 Å². The van der Waals surface area contributed by atoms with Crippen LogP contribution in [-0.2, 0) is 5.41 Å². The van der Waals surface area contributed by atoms with E-state index >= 15 is 0 Å². The van der Waals surface area contributed by atoms with Crippen LogP contribution in [0.5, 0.6) is 5.88 Å². The fourth-order valence-corrected chi connectivity index (χ4v) is 2.32. The lowest BCUT2D eigenvalue weighted by molar-refractivity contribution is 0.215. The molecule has 4 nitrogen and oxygen atoms in total. The number of nitrogens with zero attached hydrogens (tertiary/aromatic N) is 2. The molecule has 112 valence electrons. The van der Waals surface area contributed by atoms with E-state index in [1.165, 1.54) is 19.3 Å². The minimum absolute atomic E-state index is 0.0780. The molecule has 0 aliphatic heterocycles. The fourth-order valence-electron chi connectivity index (χ4n) is 2.32. The first kappa shape index (κ1) is 15.1. The number of ether oxygens (including phenoxy) is 1. The predicted octanol–water partition coefficient (Wildman–Crippen LogP) is 3.69. The van der Waals surface area contributed by atoms with Crippen LogP contribution in [0.25, 0.3) is 0 Å². The predicted molar refractivity (Wildman–Crippen MR) is 82.5 cm³/mol. The molecule has 0 radical (unpaired) electrons. The second kappa shape index (κ2) is 5.98. The molecule has 0 saturated heterocycles. The van der Waals surface area contributed by atoms with Gasteiger partial charge in [0.15, 0.2) is 0 Å². The van der Waals surface area contributed by atoms with Gasteiger partial charge in [-0.25, -0.2) is 4.98 Å². The highest BCUT2D eigenvalue weighted by Gasteiger charge is 2.22. The number of hydrogen-bond acceptors (Lipinski definition) is 4. The monoisotopic (exact) mass is 277 g/mol. The molecule has 1 aliphatic carbocycles. The maximum absolute atomic E-state index is 5.93. The van der Waals surface area contributed by atoms with Gasteiger partial charge < -0.3 is 10.1 Å². The number of anilines is 1. The Bertz CT molecular complexity index is 462. The highest BCUT2D eigenvalue weighted by Crippen LogP contribution is 2.31. The SMILES string of the molecule is CNc1nc(C(C)(C)C)nc(OCCC2CCC2)c1C. The molecular formula is C16H27N3O. The largest absolute Gasteiger partial charge is 0.477 e. The molecule has 0 amide bonds. The summed E-state index contributed by atoms with van der Waals surface area (Å²) in [6.45, 7) is 9.13. The second-order valence-corrected chi connectivity index (χ2v) is 6.76. The summed E-state index contributed by atoms with van der Waals surface area (Å²) >= 11 is 0. The summed E-state index contributed by atoms with van der Waals surface area (Å²) in [5.74, 6) is 3.28. The average molecular weight is 277 g/mol. The summed E-state index contributed by atoms with van der Waals surface area (Å²) in [5.41, 5.74) is 0.917. The van der Waals surface area contributed by atoms with Gasteiger partial charge in [0, 0.05) is 12.5 Å². The number of nitrogens with one attached hydrogen (secondary N) is 1. The Morgan fingerprint density at radius 3 is 2.45 bits per heavy atom. The van der Waals surface area contributed by atoms with Gasteiger partial charge in [-0.3, -0.25) is 0 Å². The highest BCUT2D eigenvalue weighted by atomic mass is 16.5. The lowest BCUT2D eigenvalue weighted by Gasteiger charge is -2.25. The molecule has 4 heteroatoms. The van der Waals surface area contributed by atoms with Gasteiger partial charge in [0.25, 0.3) is 0 Å². The number of hydrogen-bond donors (Lipinski definition) is 1. The van der Waals surface area contributed by atoms with E-state index in [4.69, 9.17) is 4.74 Å². The maximum atomic E-state index is 5.93. The van der Waals surface area contributed by atoms with Crippen LogP contribution in [0.3, 0.4) is 0 Å². The van der Waals surface area contributed by atoms with Crippen LogP contribution < -0.4 is 10.1 Å². The van der Waals surface area contributed by atoms with E-state index in [1.807, 2.05) is 14.0 Å². The van der Waals surface area contributed by atoms with Crippen molar-refractivity contribution in [3.8, 4) is 5.88 Å². The molecule has 0 spiro atoms. The van der Waals surface area contributed by atoms with Crippen molar-refractivity contribution in [2.24, 2.45) is 5.92 Å². The maximum Gasteiger partial charge on any atom is 0.221 e. The van der Waals surface area contributed by atoms with Crippen LogP contribution in [0.15, 0.2) is 0 Å². The molecule has 2 rings (SSSR count). The highest BCUT2D eigenvalue weighted by molar-refractivity contribution is 5.48. The minimum atomic E-state index is -0.0780. The van der Waals surface area contributed by atoms with Crippen molar-refractivity contribution < 1.29 is 4.74 Å². The van der Waals surface area contributed by atoms with E-state index in [9.17, 15) is 0 Å². The van der Waals surface area contributed by atoms with E-state index in [0.29, 0.717) is 0 Å². The van der Waals surface area contributed by atoms with E-state index in [-0.39, 0.29) is 5.41 Å². The zero-order chi connectivity index (χ0) is 14.8. The summed E-state index contributed by atoms with van der Waals surface area (Å²) < 4.78 is 5.93. The molecule has 20 heavy (non-hydrogen) atoms. The molecule has 1 aliphatic rings. The van der Waals surface area contributed by atoms with E-state index in [2.05, 4.69) is 36.1 Å². The normalized spacial score (nSPS) is 15.8. The standard InChI is InChI=1S/C16H27N3O/c1-11-13(17-5)18-15(16(2,3)4)19-14(11)20-10-9-12-7-6-8-12/h12H,6-10H2,1-5H3,(H,17,18,19). The van der Waals surface area contributed by atoms with Crippen LogP contribution in [0.2, 0.25) is 0 Å². The second-order valence-electron chi connectivity index (χ2n) is 6.76. The molecule has 1 N–H and O–H groups in total. The molecule has 1 saturated carbocycles. The Labute approximate surface area is 122 Å². The smallest absolute Gasteiger partial charge is 0.221 e. The third-order valence-electron chi connectivity index (χ3n) is 4.00. The van der Waals surface area contributed by atoms with Crippen LogP contribution in [0.1, 0.15) is 57.8 Å². The zero-order valence-corrected chi connectivity index (χ0v) is 13.4. The summed E-state index contributed by atoms with van der Waals surface area (Å²) in [6.07, 6.45) is 5.25. The van der Waals surface area contributed by atoms with Gasteiger partial charge in [-0.05, 0) is 19.3 Å². The van der Waals surface area contributed by atoms with Gasteiger partial charge in [-0.15, -0.1) is 0 Å². The summed E-state index contributed by atoms with van der Waals surface area (Å²) in [7, 11) is 1.89. The third kappa shape index (κ3) is 3.41. The average Bonchev–Trinajstić information content (AvgIpc) is 2.32. The van der Waals surface area contributed by atoms with Gasteiger partial charge in [-0.2, -0.15) is 4.98 Å². The first-order valence-corrected chi connectivity index (χ1v) is 7.61. The number of aromatic nitrogens is 2. The van der Waals surface area contributed by atoms with Gasteiger partial charge in [-0.1, -0.05) is 40.0 Å². The van der Waals surface area contributed by atoms with Crippen LogP contribution >= 0.6 is 0 Å². The topological polar surface area (TPSA) is 47.0 Å². The third-order valence-corrected chi connectivity index (χ3v) is 4.00. The first-order valence-electron chi connectivity index (χ1n) is 7.61. The van der Waals surface area contributed by atoms with Crippen LogP contribution in [-0.4, -0.2) is 23.6 Å². The lowest BCUT2D eigenvalue weighted by atomic mass is 9.83. The first-order chi connectivity index (χ1) is 9.41. The van der Waals surface area contributed by atoms with E-state index in [0.717, 1.165) is 42.0 Å². The Hall–Kier alpha value is -1.32. The molecule has 1 fully saturated rings. The van der Waals surface area contributed by atoms with Gasteiger partial charge in [0.2, 0.25) is 5.88 Å². The molecular weight excluding hydrogens is 250 g/mol. The van der Waals surface area contributed by atoms with E-state index in [1.54, 1.807) is 0 Å². The van der Waals surface area contributed by atoms with Crippen molar-refractivity contribution in [1.82, 2.24) is 9.97 Å². The molecule has 0 aromatic carbocycles. The minimum Gasteiger partial charge on any atom is -0.477 e. The lowest BCUT2D eigenvalue weighted by Crippen LogP contribution is -2.19. The molecule has 1 aromatic heterocycles. The summed E-state index contributed by atoms with van der Waals surface area (Å²) in [5, 5.41) is 3.14. The Morgan fingerprint density at radius 2 is 1.95 bits per heavy atom. The molecule has 0 unspecified atom stereocenters. The van der Waals surface area contributed by atoms with Gasteiger partial charge in [0.05, 0.1) is 12.2 Å². The van der Waals surface area contributed by atoms with Crippen molar-refractivity contribution >= 4 is 5.82 Å². The zero-order valence-electron chi connectivity index (χ0n) is 13.4. The molecule has 0 atom stereocenters. The summed E-state index contributed by atoms with van der Waals surface area (Å²) in [6, 6.07) is 0. The number of rotatable bonds is 5. The molecule has 0 bridgehead atoms. The van der Waals surface area contributed by atoms with Gasteiger partial charge >= 0.3 is 0 Å². The Kier molecular flexibility index (Phi) is 4.51. The van der Waals surface area contributed by atoms with Crippen molar-refractivity contribution in [1.29, 1.82) is 0 Å². The Balaban J connectivity index is 2.12. The Morgan fingerprint density at radius 1 is 1.25 bits per heavy atom. The molecule has 1 heterocycles. The van der Waals surface area contributed by atoms with Crippen molar-refractivity contribution in [3.63, 3.8) is 0 Å². The quantitative estimate of drug-likeness (QED) is 0.891.